The molecule has 0 heterocycles. The van der Waals surface area contributed by atoms with Crippen molar-refractivity contribution in [2.24, 2.45) is 5.41 Å². The third-order valence-electron chi connectivity index (χ3n) is 3.00. The monoisotopic (exact) mass is 245 g/mol. The topological polar surface area (TPSA) is 38.3 Å². The van der Waals surface area contributed by atoms with Gasteiger partial charge in [0.2, 0.25) is 0 Å². The minimum Gasteiger partial charge on any atom is -0.469 e. The first-order valence-electron chi connectivity index (χ1n) is 6.08. The second-order valence-electron chi connectivity index (χ2n) is 4.51. The molecule has 94 valence electrons. The van der Waals surface area contributed by atoms with E-state index in [0.717, 1.165) is 18.8 Å². The molecule has 3 nitrogen and oxygen atoms in total. The van der Waals surface area contributed by atoms with Crippen LogP contribution in [0.4, 0.5) is 0 Å². The van der Waals surface area contributed by atoms with E-state index in [1.54, 1.807) is 0 Å². The van der Waals surface area contributed by atoms with E-state index in [4.69, 9.17) is 4.74 Å². The SMILES string of the molecule is CCNCCCSCC1(CC(=O)OC)CC1. The fourth-order valence-electron chi connectivity index (χ4n) is 1.69. The van der Waals surface area contributed by atoms with Crippen molar-refractivity contribution in [1.82, 2.24) is 5.32 Å². The lowest BCUT2D eigenvalue weighted by molar-refractivity contribution is -0.141. The molecule has 1 N–H and O–H groups in total. The molecule has 0 radical (unpaired) electrons. The van der Waals surface area contributed by atoms with Gasteiger partial charge >= 0.3 is 5.97 Å². The maximum absolute atomic E-state index is 11.2. The molecule has 16 heavy (non-hydrogen) atoms. The molecular formula is C12H23NO2S. The maximum atomic E-state index is 11.2. The van der Waals surface area contributed by atoms with Crippen LogP contribution in [-0.2, 0) is 9.53 Å². The van der Waals surface area contributed by atoms with Crippen molar-refractivity contribution in [2.45, 2.75) is 32.6 Å². The van der Waals surface area contributed by atoms with Gasteiger partial charge < -0.3 is 10.1 Å². The van der Waals surface area contributed by atoms with Crippen molar-refractivity contribution in [3.05, 3.63) is 0 Å². The van der Waals surface area contributed by atoms with Crippen molar-refractivity contribution in [3.8, 4) is 0 Å². The van der Waals surface area contributed by atoms with Crippen LogP contribution in [0.25, 0.3) is 0 Å². The maximum Gasteiger partial charge on any atom is 0.306 e. The summed E-state index contributed by atoms with van der Waals surface area (Å²) in [7, 11) is 1.47. The number of thioether (sulfide) groups is 1. The van der Waals surface area contributed by atoms with Crippen molar-refractivity contribution in [2.75, 3.05) is 31.7 Å². The molecule has 0 amide bonds. The van der Waals surface area contributed by atoms with E-state index in [-0.39, 0.29) is 11.4 Å². The standard InChI is InChI=1S/C12H23NO2S/c1-3-13-7-4-8-16-10-12(5-6-12)9-11(14)15-2/h13H,3-10H2,1-2H3. The molecule has 1 aliphatic rings. The predicted octanol–water partition coefficient (Wildman–Crippen LogP) is 2.06. The zero-order chi connectivity index (χ0) is 11.9. The molecule has 0 aromatic carbocycles. The van der Waals surface area contributed by atoms with Crippen LogP contribution in [0.15, 0.2) is 0 Å². The molecule has 1 saturated carbocycles. The fourth-order valence-corrected chi connectivity index (χ4v) is 3.01. The Labute approximate surface area is 103 Å². The van der Waals surface area contributed by atoms with Gasteiger partial charge in [-0.2, -0.15) is 11.8 Å². The molecule has 0 aliphatic heterocycles. The van der Waals surface area contributed by atoms with E-state index in [0.29, 0.717) is 6.42 Å². The van der Waals surface area contributed by atoms with Gasteiger partial charge in [0.25, 0.3) is 0 Å². The molecule has 4 heteroatoms. The number of ether oxygens (including phenoxy) is 1. The van der Waals surface area contributed by atoms with Gasteiger partial charge in [0.1, 0.15) is 0 Å². The molecule has 0 aromatic rings. The summed E-state index contributed by atoms with van der Waals surface area (Å²) in [6.45, 7) is 4.28. The lowest BCUT2D eigenvalue weighted by Crippen LogP contribution is -2.16. The largest absolute Gasteiger partial charge is 0.469 e. The molecule has 1 rings (SSSR count). The van der Waals surface area contributed by atoms with Crippen LogP contribution in [-0.4, -0.2) is 37.7 Å². The highest BCUT2D eigenvalue weighted by molar-refractivity contribution is 7.99. The van der Waals surface area contributed by atoms with Crippen molar-refractivity contribution in [3.63, 3.8) is 0 Å². The first kappa shape index (κ1) is 13.8. The average Bonchev–Trinajstić information content (AvgIpc) is 3.03. The summed E-state index contributed by atoms with van der Waals surface area (Å²) in [4.78, 5) is 11.2. The number of esters is 1. The Morgan fingerprint density at radius 3 is 2.81 bits per heavy atom. The molecule has 0 spiro atoms. The third-order valence-corrected chi connectivity index (χ3v) is 4.40. The minimum absolute atomic E-state index is 0.0502. The van der Waals surface area contributed by atoms with Gasteiger partial charge in [-0.05, 0) is 49.3 Å². The van der Waals surface area contributed by atoms with Gasteiger partial charge in [-0.3, -0.25) is 4.79 Å². The van der Waals surface area contributed by atoms with Crippen LogP contribution in [0.5, 0.6) is 0 Å². The third kappa shape index (κ3) is 5.21. The molecule has 0 atom stereocenters. The Hall–Kier alpha value is -0.220. The molecule has 0 saturated heterocycles. The summed E-state index contributed by atoms with van der Waals surface area (Å²) in [6.07, 6.45) is 4.22. The van der Waals surface area contributed by atoms with Gasteiger partial charge in [-0.15, -0.1) is 0 Å². The number of methoxy groups -OCH3 is 1. The van der Waals surface area contributed by atoms with Gasteiger partial charge in [-0.1, -0.05) is 6.92 Å². The van der Waals surface area contributed by atoms with E-state index in [9.17, 15) is 4.79 Å². The van der Waals surface area contributed by atoms with Gasteiger partial charge in [0, 0.05) is 0 Å². The normalized spacial score (nSPS) is 17.1. The fraction of sp³-hybridized carbons (Fsp3) is 0.917. The van der Waals surface area contributed by atoms with E-state index >= 15 is 0 Å². The van der Waals surface area contributed by atoms with Gasteiger partial charge in [-0.25, -0.2) is 0 Å². The summed E-state index contributed by atoms with van der Waals surface area (Å²) in [5.41, 5.74) is 0.288. The van der Waals surface area contributed by atoms with E-state index in [1.807, 2.05) is 11.8 Å². The van der Waals surface area contributed by atoms with Crippen LogP contribution in [0, 0.1) is 5.41 Å². The average molecular weight is 245 g/mol. The van der Waals surface area contributed by atoms with Gasteiger partial charge in [0.15, 0.2) is 0 Å². The van der Waals surface area contributed by atoms with Crippen LogP contribution >= 0.6 is 11.8 Å². The highest BCUT2D eigenvalue weighted by Gasteiger charge is 2.44. The predicted molar refractivity (Wildman–Crippen MR) is 68.8 cm³/mol. The molecule has 0 aromatic heterocycles. The number of rotatable bonds is 9. The quantitative estimate of drug-likeness (QED) is 0.498. The Morgan fingerprint density at radius 1 is 1.50 bits per heavy atom. The van der Waals surface area contributed by atoms with Crippen LogP contribution in [0.1, 0.15) is 32.6 Å². The van der Waals surface area contributed by atoms with Crippen LogP contribution in [0.3, 0.4) is 0 Å². The van der Waals surface area contributed by atoms with Crippen molar-refractivity contribution in [1.29, 1.82) is 0 Å². The summed E-state index contributed by atoms with van der Waals surface area (Å²) in [6, 6.07) is 0. The Morgan fingerprint density at radius 2 is 2.25 bits per heavy atom. The Kier molecular flexibility index (Phi) is 6.21. The van der Waals surface area contributed by atoms with E-state index in [2.05, 4.69) is 12.2 Å². The van der Waals surface area contributed by atoms with Crippen molar-refractivity contribution >= 4 is 17.7 Å². The smallest absolute Gasteiger partial charge is 0.306 e. The number of hydrogen-bond donors (Lipinski definition) is 1. The first-order chi connectivity index (χ1) is 7.72. The number of hydrogen-bond acceptors (Lipinski definition) is 4. The Balaban J connectivity index is 2.01. The summed E-state index contributed by atoms with van der Waals surface area (Å²) in [5.74, 6) is 2.26. The lowest BCUT2D eigenvalue weighted by Gasteiger charge is -2.12. The number of carbonyl (C=O) groups excluding carboxylic acids is 1. The minimum atomic E-state index is -0.0502. The van der Waals surface area contributed by atoms with Crippen LogP contribution < -0.4 is 5.32 Å². The van der Waals surface area contributed by atoms with E-state index in [1.165, 1.54) is 32.1 Å². The first-order valence-corrected chi connectivity index (χ1v) is 7.23. The molecule has 0 unspecified atom stereocenters. The lowest BCUT2D eigenvalue weighted by atomic mass is 10.1. The van der Waals surface area contributed by atoms with E-state index < -0.39 is 0 Å². The zero-order valence-electron chi connectivity index (χ0n) is 10.4. The molecule has 1 aliphatic carbocycles. The summed E-state index contributed by atoms with van der Waals surface area (Å²) >= 11 is 1.98. The van der Waals surface area contributed by atoms with Crippen molar-refractivity contribution < 1.29 is 9.53 Å². The number of nitrogens with one attached hydrogen (secondary N) is 1. The van der Waals surface area contributed by atoms with Crippen LogP contribution in [0.2, 0.25) is 0 Å². The second kappa shape index (κ2) is 7.17. The highest BCUT2D eigenvalue weighted by atomic mass is 32.2. The zero-order valence-corrected chi connectivity index (χ0v) is 11.2. The van der Waals surface area contributed by atoms with Gasteiger partial charge in [0.05, 0.1) is 13.5 Å². The summed E-state index contributed by atoms with van der Waals surface area (Å²) < 4.78 is 4.73. The molecule has 0 bridgehead atoms. The molecule has 1 fully saturated rings. The second-order valence-corrected chi connectivity index (χ2v) is 5.62. The number of carbonyl (C=O) groups is 1. The summed E-state index contributed by atoms with van der Waals surface area (Å²) in [5, 5.41) is 3.32. The highest BCUT2D eigenvalue weighted by Crippen LogP contribution is 2.51. The Bertz CT molecular complexity index is 217. The molecular weight excluding hydrogens is 222 g/mol.